The minimum Gasteiger partial charge on any atom is -0.494 e. The van der Waals surface area contributed by atoms with Gasteiger partial charge in [-0.1, -0.05) is 52.3 Å². The summed E-state index contributed by atoms with van der Waals surface area (Å²) in [5, 5.41) is 8.98. The predicted octanol–water partition coefficient (Wildman–Crippen LogP) is 5.74. The topological polar surface area (TPSA) is 92.2 Å². The summed E-state index contributed by atoms with van der Waals surface area (Å²) in [4.78, 5) is 18.7. The van der Waals surface area contributed by atoms with E-state index < -0.39 is 11.6 Å². The number of hydrazine groups is 1. The number of aliphatic hydroxyl groups excluding tert-OH is 1. The van der Waals surface area contributed by atoms with E-state index >= 15 is 0 Å². The molecule has 41 heavy (non-hydrogen) atoms. The van der Waals surface area contributed by atoms with Crippen molar-refractivity contribution in [2.75, 3.05) is 25.5 Å². The molecule has 0 aliphatic carbocycles. The molecule has 1 heterocycles. The van der Waals surface area contributed by atoms with Crippen LogP contribution in [0.15, 0.2) is 94.9 Å². The average Bonchev–Trinajstić information content (AvgIpc) is 3.37. The number of nitrogens with one attached hydrogen (secondary N) is 2. The first kappa shape index (κ1) is 30.8. The van der Waals surface area contributed by atoms with Gasteiger partial charge in [-0.2, -0.15) is 11.8 Å². The number of carbonyl (C=O) groups is 1. The molecule has 4 rings (SSSR count). The van der Waals surface area contributed by atoms with Crippen molar-refractivity contribution in [3.05, 3.63) is 112 Å². The number of benzene rings is 3. The third-order valence-electron chi connectivity index (χ3n) is 6.43. The number of carbonyl (C=O) groups excluding carboxylic acids is 1. The second kappa shape index (κ2) is 15.2. The van der Waals surface area contributed by atoms with Gasteiger partial charge in [-0.3, -0.25) is 10.2 Å². The Balaban J connectivity index is 1.48. The summed E-state index contributed by atoms with van der Waals surface area (Å²) in [5.41, 5.74) is 7.11. The minimum absolute atomic E-state index is 0.0658. The molecule has 2 atom stereocenters. The summed E-state index contributed by atoms with van der Waals surface area (Å²) >= 11 is 5.29. The molecule has 0 radical (unpaired) electrons. The number of ether oxygens (including phenoxy) is 2. The normalized spacial score (nSPS) is 17.9. The molecule has 7 nitrogen and oxygen atoms in total. The Morgan fingerprint density at radius 3 is 2.63 bits per heavy atom. The molecule has 0 saturated carbocycles. The molecule has 1 aliphatic heterocycles. The number of hydrogen-bond donors (Lipinski definition) is 3. The summed E-state index contributed by atoms with van der Waals surface area (Å²) in [7, 11) is 0. The van der Waals surface area contributed by atoms with Crippen molar-refractivity contribution in [2.45, 2.75) is 30.2 Å². The molecule has 0 saturated heterocycles. The highest BCUT2D eigenvalue weighted by atomic mass is 79.9. The number of thioether (sulfide) groups is 1. The molecule has 0 bridgehead atoms. The first-order valence-electron chi connectivity index (χ1n) is 13.3. The monoisotopic (exact) mass is 641 g/mol. The molecule has 3 aromatic carbocycles. The standard InChI is InChI=1S/C31H33BrFN3O4S/c1-2-16-31(30(38)36-34-17-20-41-21-22-8-12-24(33)13-9-22)28(26-6-3-4-7-27(26)32)40-29(35-31)23-10-14-25(15-11-23)39-19-5-18-37/h2-4,6-15,28,34,37H,1,5,16-21H2,(H,36,38)/t28-,31-/m0/s1. The van der Waals surface area contributed by atoms with E-state index in [2.05, 4.69) is 33.4 Å². The number of aliphatic imine (C=N–C) groups is 1. The van der Waals surface area contributed by atoms with Crippen molar-refractivity contribution in [1.29, 1.82) is 0 Å². The third-order valence-corrected chi connectivity index (χ3v) is 8.18. The van der Waals surface area contributed by atoms with Crippen molar-refractivity contribution in [1.82, 2.24) is 10.9 Å². The SMILES string of the molecule is C=CC[C@]1(C(=O)NNCCSCc2ccc(F)cc2)N=C(c2ccc(OCCCO)cc2)O[C@H]1c1ccccc1Br. The van der Waals surface area contributed by atoms with Crippen LogP contribution in [0.1, 0.15) is 35.6 Å². The lowest BCUT2D eigenvalue weighted by atomic mass is 9.84. The maximum absolute atomic E-state index is 13.8. The van der Waals surface area contributed by atoms with Crippen LogP contribution in [-0.2, 0) is 15.3 Å². The molecule has 10 heteroatoms. The van der Waals surface area contributed by atoms with Gasteiger partial charge in [-0.05, 0) is 48.0 Å². The van der Waals surface area contributed by atoms with Gasteiger partial charge in [0.1, 0.15) is 11.6 Å². The van der Waals surface area contributed by atoms with Gasteiger partial charge in [0.2, 0.25) is 5.90 Å². The van der Waals surface area contributed by atoms with Gasteiger partial charge in [0.05, 0.1) is 6.61 Å². The Kier molecular flexibility index (Phi) is 11.4. The summed E-state index contributed by atoms with van der Waals surface area (Å²) in [5.74, 6) is 1.91. The Hall–Kier alpha value is -3.18. The van der Waals surface area contributed by atoms with Crippen LogP contribution < -0.4 is 15.6 Å². The third kappa shape index (κ3) is 7.97. The lowest BCUT2D eigenvalue weighted by molar-refractivity contribution is -0.129. The van der Waals surface area contributed by atoms with Crippen LogP contribution in [0.25, 0.3) is 0 Å². The second-order valence-corrected chi connectivity index (χ2v) is 11.3. The molecule has 3 aromatic rings. The zero-order valence-electron chi connectivity index (χ0n) is 22.5. The molecule has 0 unspecified atom stereocenters. The first-order chi connectivity index (χ1) is 20.0. The maximum Gasteiger partial charge on any atom is 0.266 e. The highest BCUT2D eigenvalue weighted by Crippen LogP contribution is 2.44. The van der Waals surface area contributed by atoms with Gasteiger partial charge in [-0.15, -0.1) is 6.58 Å². The largest absolute Gasteiger partial charge is 0.494 e. The van der Waals surface area contributed by atoms with Crippen LogP contribution in [0.5, 0.6) is 5.75 Å². The summed E-state index contributed by atoms with van der Waals surface area (Å²) in [6.07, 6.45) is 1.76. The molecular weight excluding hydrogens is 609 g/mol. The fraction of sp³-hybridized carbons (Fsp3) is 0.290. The molecule has 1 aliphatic rings. The number of nitrogens with zero attached hydrogens (tertiary/aromatic N) is 1. The number of hydrogen-bond acceptors (Lipinski definition) is 7. The number of amides is 1. The van der Waals surface area contributed by atoms with Crippen LogP contribution in [0.2, 0.25) is 0 Å². The molecular formula is C31H33BrFN3O4S. The van der Waals surface area contributed by atoms with Crippen LogP contribution >= 0.6 is 27.7 Å². The highest BCUT2D eigenvalue weighted by Gasteiger charge is 2.53. The number of rotatable bonds is 15. The van der Waals surface area contributed by atoms with Crippen LogP contribution in [-0.4, -0.2) is 48.0 Å². The Morgan fingerprint density at radius 1 is 1.17 bits per heavy atom. The first-order valence-corrected chi connectivity index (χ1v) is 15.2. The van der Waals surface area contributed by atoms with Gasteiger partial charge in [0.15, 0.2) is 11.6 Å². The Bertz CT molecular complexity index is 1340. The zero-order valence-corrected chi connectivity index (χ0v) is 24.9. The van der Waals surface area contributed by atoms with Crippen molar-refractivity contribution in [2.24, 2.45) is 4.99 Å². The van der Waals surface area contributed by atoms with Crippen molar-refractivity contribution < 1.29 is 23.8 Å². The van der Waals surface area contributed by atoms with Crippen molar-refractivity contribution in [3.63, 3.8) is 0 Å². The van der Waals surface area contributed by atoms with E-state index in [-0.39, 0.29) is 24.8 Å². The van der Waals surface area contributed by atoms with E-state index in [1.165, 1.54) is 12.1 Å². The molecule has 0 aromatic heterocycles. The predicted molar refractivity (Wildman–Crippen MR) is 164 cm³/mol. The molecule has 0 spiro atoms. The summed E-state index contributed by atoms with van der Waals surface area (Å²) in [6.45, 7) is 4.91. The van der Waals surface area contributed by atoms with Gasteiger partial charge >= 0.3 is 0 Å². The molecule has 0 fully saturated rings. The zero-order chi connectivity index (χ0) is 29.1. The minimum atomic E-state index is -1.30. The Labute approximate surface area is 252 Å². The lowest BCUT2D eigenvalue weighted by Gasteiger charge is -2.30. The summed E-state index contributed by atoms with van der Waals surface area (Å²) < 4.78 is 26.0. The number of aliphatic hydroxyl groups is 1. The van der Waals surface area contributed by atoms with E-state index in [4.69, 9.17) is 19.6 Å². The summed E-state index contributed by atoms with van der Waals surface area (Å²) in [6, 6.07) is 21.4. The lowest BCUT2D eigenvalue weighted by Crippen LogP contribution is -2.53. The van der Waals surface area contributed by atoms with Crippen LogP contribution in [0.4, 0.5) is 4.39 Å². The quantitative estimate of drug-likeness (QED) is 0.111. The van der Waals surface area contributed by atoms with Crippen molar-refractivity contribution >= 4 is 39.5 Å². The molecule has 1 amide bonds. The Morgan fingerprint density at radius 2 is 1.93 bits per heavy atom. The highest BCUT2D eigenvalue weighted by molar-refractivity contribution is 9.10. The van der Waals surface area contributed by atoms with Gasteiger partial charge in [0, 0.05) is 53.1 Å². The molecule has 3 N–H and O–H groups in total. The number of halogens is 2. The van der Waals surface area contributed by atoms with E-state index in [9.17, 15) is 9.18 Å². The van der Waals surface area contributed by atoms with Crippen molar-refractivity contribution in [3.8, 4) is 5.75 Å². The average molecular weight is 643 g/mol. The van der Waals surface area contributed by atoms with E-state index in [1.54, 1.807) is 30.0 Å². The molecule has 216 valence electrons. The van der Waals surface area contributed by atoms with Gasteiger partial charge in [0.25, 0.3) is 5.91 Å². The van der Waals surface area contributed by atoms with Gasteiger partial charge < -0.3 is 14.6 Å². The van der Waals surface area contributed by atoms with Crippen LogP contribution in [0.3, 0.4) is 0 Å². The fourth-order valence-corrected chi connectivity index (χ4v) is 5.66. The van der Waals surface area contributed by atoms with E-state index in [1.807, 2.05) is 48.5 Å². The fourth-order valence-electron chi connectivity index (χ4n) is 4.34. The maximum atomic E-state index is 13.8. The smallest absolute Gasteiger partial charge is 0.266 e. The van der Waals surface area contributed by atoms with Crippen LogP contribution in [0, 0.1) is 5.82 Å². The second-order valence-electron chi connectivity index (χ2n) is 9.36. The van der Waals surface area contributed by atoms with E-state index in [0.29, 0.717) is 36.8 Å². The van der Waals surface area contributed by atoms with Gasteiger partial charge in [-0.25, -0.2) is 14.8 Å². The van der Waals surface area contributed by atoms with E-state index in [0.717, 1.165) is 27.1 Å².